The van der Waals surface area contributed by atoms with E-state index in [1.807, 2.05) is 31.2 Å². The van der Waals surface area contributed by atoms with Gasteiger partial charge in [0.15, 0.2) is 0 Å². The Morgan fingerprint density at radius 1 is 1.22 bits per heavy atom. The molecule has 0 aliphatic carbocycles. The first-order valence-corrected chi connectivity index (χ1v) is 9.33. The highest BCUT2D eigenvalue weighted by Gasteiger charge is 2.19. The Labute approximate surface area is 160 Å². The molecular weight excluding hydrogens is 342 g/mol. The second-order valence-electron chi connectivity index (χ2n) is 6.58. The zero-order chi connectivity index (χ0) is 19.2. The normalized spacial score (nSPS) is 14.9. The van der Waals surface area contributed by atoms with Crippen molar-refractivity contribution in [3.63, 3.8) is 0 Å². The molecule has 27 heavy (non-hydrogen) atoms. The van der Waals surface area contributed by atoms with Crippen molar-refractivity contribution in [3.05, 3.63) is 47.3 Å². The Morgan fingerprint density at radius 3 is 2.63 bits per heavy atom. The van der Waals surface area contributed by atoms with Crippen molar-refractivity contribution in [2.45, 2.75) is 20.4 Å². The fourth-order valence-electron chi connectivity index (χ4n) is 3.21. The predicted molar refractivity (Wildman–Crippen MR) is 105 cm³/mol. The number of para-hydroxylation sites is 1. The third kappa shape index (κ3) is 4.54. The number of carbonyl (C=O) groups excluding carboxylic acids is 1. The summed E-state index contributed by atoms with van der Waals surface area (Å²) in [6.07, 6.45) is 1.63. The van der Waals surface area contributed by atoms with Crippen LogP contribution in [0.1, 0.15) is 28.5 Å². The highest BCUT2D eigenvalue weighted by Crippen LogP contribution is 2.17. The van der Waals surface area contributed by atoms with Gasteiger partial charge in [-0.15, -0.1) is 0 Å². The second kappa shape index (κ2) is 8.81. The van der Waals surface area contributed by atoms with Crippen molar-refractivity contribution < 1.29 is 9.53 Å². The van der Waals surface area contributed by atoms with Gasteiger partial charge in [0, 0.05) is 44.5 Å². The van der Waals surface area contributed by atoms with Crippen LogP contribution in [0.15, 0.2) is 30.5 Å². The third-order valence-corrected chi connectivity index (χ3v) is 4.95. The molecule has 0 saturated carbocycles. The van der Waals surface area contributed by atoms with Crippen LogP contribution in [0.4, 0.5) is 5.95 Å². The number of hydrogen-bond acceptors (Lipinski definition) is 6. The SMILES string of the molecule is CCN1CCN(c2ncc(C(=O)NCc3ccccc3OC)c(C)n2)CC1. The summed E-state index contributed by atoms with van der Waals surface area (Å²) in [5.74, 6) is 1.28. The molecule has 144 valence electrons. The van der Waals surface area contributed by atoms with Crippen LogP contribution in [-0.4, -0.2) is 60.6 Å². The van der Waals surface area contributed by atoms with Gasteiger partial charge in [-0.05, 0) is 19.5 Å². The molecule has 1 aromatic heterocycles. The van der Waals surface area contributed by atoms with Gasteiger partial charge in [0.1, 0.15) is 5.75 Å². The van der Waals surface area contributed by atoms with E-state index in [0.717, 1.165) is 44.0 Å². The molecule has 7 nitrogen and oxygen atoms in total. The number of aromatic nitrogens is 2. The molecule has 2 heterocycles. The number of amides is 1. The van der Waals surface area contributed by atoms with E-state index in [2.05, 4.69) is 32.0 Å². The summed E-state index contributed by atoms with van der Waals surface area (Å²) >= 11 is 0. The number of carbonyl (C=O) groups is 1. The number of piperazine rings is 1. The number of hydrogen-bond donors (Lipinski definition) is 1. The minimum Gasteiger partial charge on any atom is -0.496 e. The Bertz CT molecular complexity index is 788. The summed E-state index contributed by atoms with van der Waals surface area (Å²) in [6.45, 7) is 9.33. The van der Waals surface area contributed by atoms with Gasteiger partial charge in [0.25, 0.3) is 5.91 Å². The van der Waals surface area contributed by atoms with Crippen LogP contribution >= 0.6 is 0 Å². The molecule has 0 spiro atoms. The number of nitrogens with zero attached hydrogens (tertiary/aromatic N) is 4. The zero-order valence-corrected chi connectivity index (χ0v) is 16.2. The Hall–Kier alpha value is -2.67. The Balaban J connectivity index is 1.64. The molecule has 1 fully saturated rings. The fourth-order valence-corrected chi connectivity index (χ4v) is 3.21. The molecule has 1 aromatic carbocycles. The largest absolute Gasteiger partial charge is 0.496 e. The van der Waals surface area contributed by atoms with Gasteiger partial charge in [-0.25, -0.2) is 9.97 Å². The maximum Gasteiger partial charge on any atom is 0.254 e. The number of ether oxygens (including phenoxy) is 1. The number of nitrogens with one attached hydrogen (secondary N) is 1. The topological polar surface area (TPSA) is 70.6 Å². The fraction of sp³-hybridized carbons (Fsp3) is 0.450. The summed E-state index contributed by atoms with van der Waals surface area (Å²) in [4.78, 5) is 26.1. The molecule has 1 N–H and O–H groups in total. The van der Waals surface area contributed by atoms with E-state index >= 15 is 0 Å². The van der Waals surface area contributed by atoms with Crippen LogP contribution in [-0.2, 0) is 6.54 Å². The highest BCUT2D eigenvalue weighted by molar-refractivity contribution is 5.95. The van der Waals surface area contributed by atoms with Gasteiger partial charge < -0.3 is 19.9 Å². The molecule has 3 rings (SSSR count). The Kier molecular flexibility index (Phi) is 6.24. The zero-order valence-electron chi connectivity index (χ0n) is 16.2. The molecule has 0 radical (unpaired) electrons. The highest BCUT2D eigenvalue weighted by atomic mass is 16.5. The Morgan fingerprint density at radius 2 is 1.96 bits per heavy atom. The maximum absolute atomic E-state index is 12.6. The summed E-state index contributed by atoms with van der Waals surface area (Å²) in [7, 11) is 1.62. The van der Waals surface area contributed by atoms with Crippen LogP contribution in [0.5, 0.6) is 5.75 Å². The third-order valence-electron chi connectivity index (χ3n) is 4.95. The minimum atomic E-state index is -0.180. The van der Waals surface area contributed by atoms with E-state index in [4.69, 9.17) is 4.74 Å². The molecule has 0 atom stereocenters. The van der Waals surface area contributed by atoms with E-state index in [9.17, 15) is 4.79 Å². The monoisotopic (exact) mass is 369 g/mol. The summed E-state index contributed by atoms with van der Waals surface area (Å²) in [5, 5.41) is 2.92. The van der Waals surface area contributed by atoms with Crippen molar-refractivity contribution in [2.75, 3.05) is 44.7 Å². The van der Waals surface area contributed by atoms with Crippen LogP contribution in [0.2, 0.25) is 0 Å². The molecule has 1 saturated heterocycles. The predicted octanol–water partition coefficient (Wildman–Crippen LogP) is 1.87. The van der Waals surface area contributed by atoms with Gasteiger partial charge in [0.2, 0.25) is 5.95 Å². The molecule has 1 amide bonds. The smallest absolute Gasteiger partial charge is 0.254 e. The van der Waals surface area contributed by atoms with E-state index in [1.54, 1.807) is 13.3 Å². The molecular formula is C20H27N5O2. The molecule has 0 bridgehead atoms. The lowest BCUT2D eigenvalue weighted by atomic mass is 10.2. The lowest BCUT2D eigenvalue weighted by Crippen LogP contribution is -2.46. The van der Waals surface area contributed by atoms with E-state index in [0.29, 0.717) is 23.8 Å². The van der Waals surface area contributed by atoms with Gasteiger partial charge in [-0.1, -0.05) is 25.1 Å². The molecule has 0 unspecified atom stereocenters. The van der Waals surface area contributed by atoms with Gasteiger partial charge in [-0.2, -0.15) is 0 Å². The number of likely N-dealkylation sites (N-methyl/N-ethyl adjacent to an activating group) is 1. The molecule has 7 heteroatoms. The molecule has 2 aromatic rings. The van der Waals surface area contributed by atoms with Gasteiger partial charge in [-0.3, -0.25) is 4.79 Å². The number of anilines is 1. The first-order valence-electron chi connectivity index (χ1n) is 9.33. The van der Waals surface area contributed by atoms with Crippen molar-refractivity contribution in [1.82, 2.24) is 20.2 Å². The summed E-state index contributed by atoms with van der Waals surface area (Å²) in [5.41, 5.74) is 2.12. The van der Waals surface area contributed by atoms with Crippen molar-refractivity contribution in [2.24, 2.45) is 0 Å². The number of methoxy groups -OCH3 is 1. The minimum absolute atomic E-state index is 0.180. The number of rotatable bonds is 6. The maximum atomic E-state index is 12.6. The molecule has 1 aliphatic rings. The van der Waals surface area contributed by atoms with Gasteiger partial charge in [0.05, 0.1) is 18.4 Å². The quantitative estimate of drug-likeness (QED) is 0.838. The average Bonchev–Trinajstić information content (AvgIpc) is 2.72. The van der Waals surface area contributed by atoms with Crippen LogP contribution in [0, 0.1) is 6.92 Å². The lowest BCUT2D eigenvalue weighted by molar-refractivity contribution is 0.0949. The first kappa shape index (κ1) is 19.1. The number of benzene rings is 1. The molecule has 1 aliphatic heterocycles. The first-order chi connectivity index (χ1) is 13.1. The standard InChI is InChI=1S/C20H27N5O2/c1-4-24-9-11-25(12-10-24)20-22-14-17(15(2)23-20)19(26)21-13-16-7-5-6-8-18(16)27-3/h5-8,14H,4,9-13H2,1-3H3,(H,21,26). The van der Waals surface area contributed by atoms with Gasteiger partial charge >= 0.3 is 0 Å². The van der Waals surface area contributed by atoms with Crippen LogP contribution < -0.4 is 15.0 Å². The van der Waals surface area contributed by atoms with Crippen LogP contribution in [0.3, 0.4) is 0 Å². The van der Waals surface area contributed by atoms with Crippen LogP contribution in [0.25, 0.3) is 0 Å². The lowest BCUT2D eigenvalue weighted by Gasteiger charge is -2.34. The van der Waals surface area contributed by atoms with Crippen molar-refractivity contribution >= 4 is 11.9 Å². The van der Waals surface area contributed by atoms with E-state index in [-0.39, 0.29) is 5.91 Å². The number of aryl methyl sites for hydroxylation is 1. The van der Waals surface area contributed by atoms with E-state index < -0.39 is 0 Å². The van der Waals surface area contributed by atoms with Crippen molar-refractivity contribution in [1.29, 1.82) is 0 Å². The summed E-state index contributed by atoms with van der Waals surface area (Å²) < 4.78 is 5.32. The second-order valence-corrected chi connectivity index (χ2v) is 6.58. The van der Waals surface area contributed by atoms with Crippen molar-refractivity contribution in [3.8, 4) is 5.75 Å². The van der Waals surface area contributed by atoms with E-state index in [1.165, 1.54) is 0 Å². The average molecular weight is 369 g/mol. The summed E-state index contributed by atoms with van der Waals surface area (Å²) in [6, 6.07) is 7.64.